The number of aromatic amines is 1. The first-order valence-corrected chi connectivity index (χ1v) is 10.6. The van der Waals surface area contributed by atoms with E-state index in [0.29, 0.717) is 18.9 Å². The quantitative estimate of drug-likeness (QED) is 0.363. The van der Waals surface area contributed by atoms with E-state index in [-0.39, 0.29) is 30.6 Å². The fourth-order valence-corrected chi connectivity index (χ4v) is 3.72. The monoisotopic (exact) mass is 399 g/mol. The molecule has 0 spiro atoms. The van der Waals surface area contributed by atoms with Crippen LogP contribution in [0.5, 0.6) is 0 Å². The number of imidazole rings is 1. The van der Waals surface area contributed by atoms with Crippen LogP contribution in [-0.2, 0) is 27.1 Å². The summed E-state index contributed by atoms with van der Waals surface area (Å²) in [6, 6.07) is -0.428. The molecule has 3 N–H and O–H groups in total. The number of hydrogen-bond donors (Lipinski definition) is 3. The average Bonchev–Trinajstić information content (AvgIpc) is 3.19. The van der Waals surface area contributed by atoms with E-state index >= 15 is 0 Å². The van der Waals surface area contributed by atoms with Crippen molar-refractivity contribution >= 4 is 22.9 Å². The summed E-state index contributed by atoms with van der Waals surface area (Å²) in [5.41, 5.74) is 0.871. The number of rotatable bonds is 12. The van der Waals surface area contributed by atoms with Gasteiger partial charge in [0.05, 0.1) is 28.8 Å². The Morgan fingerprint density at radius 1 is 1.30 bits per heavy atom. The maximum absolute atomic E-state index is 12.2. The lowest BCUT2D eigenvalue weighted by Crippen LogP contribution is -2.29. The smallest absolute Gasteiger partial charge is 0.324 e. The Bertz CT molecular complexity index is 664. The number of urea groups is 1. The molecule has 3 amide bonds. The van der Waals surface area contributed by atoms with Crippen molar-refractivity contribution in [3.63, 3.8) is 0 Å². The van der Waals surface area contributed by atoms with Gasteiger partial charge in [-0.2, -0.15) is 0 Å². The predicted octanol–water partition coefficient (Wildman–Crippen LogP) is 1.37. The Kier molecular flexibility index (Phi) is 8.39. The fraction of sp³-hybridized carbons (Fsp3) is 0.706. The number of carbonyl (C=O) groups excluding carboxylic acids is 2. The van der Waals surface area contributed by atoms with Gasteiger partial charge >= 0.3 is 6.03 Å². The number of amides is 3. The Morgan fingerprint density at radius 2 is 2.07 bits per heavy atom. The van der Waals surface area contributed by atoms with Crippen LogP contribution < -0.4 is 10.0 Å². The molecule has 0 radical (unpaired) electrons. The van der Waals surface area contributed by atoms with Gasteiger partial charge in [-0.3, -0.25) is 10.1 Å². The highest BCUT2D eigenvalue weighted by Crippen LogP contribution is 2.12. The third-order valence-corrected chi connectivity index (χ3v) is 5.38. The molecule has 1 aromatic rings. The topological polar surface area (TPSA) is 116 Å². The number of imide groups is 1. The van der Waals surface area contributed by atoms with Gasteiger partial charge in [0.25, 0.3) is 0 Å². The fourth-order valence-electron chi connectivity index (χ4n) is 2.61. The van der Waals surface area contributed by atoms with E-state index in [0.717, 1.165) is 30.8 Å². The van der Waals surface area contributed by atoms with E-state index in [9.17, 15) is 13.8 Å². The van der Waals surface area contributed by atoms with Gasteiger partial charge in [-0.1, -0.05) is 6.42 Å². The molecule has 1 aliphatic rings. The summed E-state index contributed by atoms with van der Waals surface area (Å²) >= 11 is 0. The molecule has 1 aliphatic heterocycles. The molecule has 2 atom stereocenters. The minimum absolute atomic E-state index is 0.106. The summed E-state index contributed by atoms with van der Waals surface area (Å²) in [6.07, 6.45) is 4.29. The molecule has 2 rings (SSSR count). The van der Waals surface area contributed by atoms with Crippen LogP contribution in [0.1, 0.15) is 57.6 Å². The summed E-state index contributed by atoms with van der Waals surface area (Å²) in [7, 11) is -1.15. The molecular weight excluding hydrogens is 370 g/mol. The van der Waals surface area contributed by atoms with E-state index in [4.69, 9.17) is 4.74 Å². The van der Waals surface area contributed by atoms with Crippen LogP contribution in [0.3, 0.4) is 0 Å². The highest BCUT2D eigenvalue weighted by Gasteiger charge is 2.25. The van der Waals surface area contributed by atoms with E-state index in [1.807, 2.05) is 20.8 Å². The van der Waals surface area contributed by atoms with Gasteiger partial charge in [-0.15, -0.1) is 0 Å². The first kappa shape index (κ1) is 21.5. The van der Waals surface area contributed by atoms with Crippen molar-refractivity contribution in [2.45, 2.75) is 58.8 Å². The van der Waals surface area contributed by atoms with Gasteiger partial charge in [0.2, 0.25) is 5.91 Å². The summed E-state index contributed by atoms with van der Waals surface area (Å²) in [4.78, 5) is 31.5. The van der Waals surface area contributed by atoms with Crippen molar-refractivity contribution in [1.29, 1.82) is 0 Å². The molecule has 0 saturated carbocycles. The molecule has 2 heterocycles. The molecule has 1 aromatic heterocycles. The van der Waals surface area contributed by atoms with Crippen LogP contribution >= 0.6 is 0 Å². The highest BCUT2D eigenvalue weighted by molar-refractivity contribution is 7.83. The molecule has 0 aromatic carbocycles. The number of H-pyrrole nitrogens is 1. The van der Waals surface area contributed by atoms with Crippen LogP contribution in [0.4, 0.5) is 4.79 Å². The maximum Gasteiger partial charge on any atom is 0.324 e. The first-order chi connectivity index (χ1) is 12.8. The number of aromatic nitrogens is 2. The Morgan fingerprint density at radius 3 is 2.74 bits per heavy atom. The summed E-state index contributed by atoms with van der Waals surface area (Å²) in [6.45, 7) is 6.98. The van der Waals surface area contributed by atoms with Gasteiger partial charge < -0.3 is 14.6 Å². The van der Waals surface area contributed by atoms with Gasteiger partial charge in [0, 0.05) is 18.5 Å². The summed E-state index contributed by atoms with van der Waals surface area (Å²) in [5.74, 6) is 1.03. The zero-order valence-corrected chi connectivity index (χ0v) is 16.9. The normalized spacial score (nSPS) is 16.8. The van der Waals surface area contributed by atoms with Crippen molar-refractivity contribution in [1.82, 2.24) is 24.9 Å². The largest absolute Gasteiger partial charge is 0.371 e. The lowest BCUT2D eigenvalue weighted by atomic mass is 10.2. The van der Waals surface area contributed by atoms with Crippen LogP contribution in [0.15, 0.2) is 6.20 Å². The lowest BCUT2D eigenvalue weighted by molar-refractivity contribution is -0.118. The van der Waals surface area contributed by atoms with Gasteiger partial charge in [-0.05, 0) is 33.6 Å². The second-order valence-corrected chi connectivity index (χ2v) is 8.20. The van der Waals surface area contributed by atoms with Crippen LogP contribution in [0.25, 0.3) is 0 Å². The Balaban J connectivity index is 1.61. The first-order valence-electron chi connectivity index (χ1n) is 9.24. The third kappa shape index (κ3) is 7.39. The van der Waals surface area contributed by atoms with Crippen molar-refractivity contribution < 1.29 is 18.5 Å². The van der Waals surface area contributed by atoms with Gasteiger partial charge in [0.1, 0.15) is 19.0 Å². The van der Waals surface area contributed by atoms with Crippen LogP contribution in [-0.4, -0.2) is 56.0 Å². The van der Waals surface area contributed by atoms with E-state index < -0.39 is 11.0 Å². The van der Waals surface area contributed by atoms with Crippen molar-refractivity contribution in [2.24, 2.45) is 0 Å². The van der Waals surface area contributed by atoms with Crippen molar-refractivity contribution in [3.05, 3.63) is 17.7 Å². The van der Waals surface area contributed by atoms with Gasteiger partial charge in [0.15, 0.2) is 0 Å². The molecule has 1 fully saturated rings. The number of hydrogen-bond acceptors (Lipinski definition) is 5. The number of nitrogens with one attached hydrogen (secondary N) is 3. The molecular formula is C17H29N5O4S. The summed E-state index contributed by atoms with van der Waals surface area (Å²) in [5, 5.41) is 2.25. The molecule has 0 bridgehead atoms. The minimum Gasteiger partial charge on any atom is -0.371 e. The molecule has 0 aliphatic carbocycles. The van der Waals surface area contributed by atoms with Crippen LogP contribution in [0, 0.1) is 0 Å². The highest BCUT2D eigenvalue weighted by atomic mass is 32.2. The molecule has 1 saturated heterocycles. The number of unbranched alkanes of at least 4 members (excludes halogenated alkanes) is 2. The van der Waals surface area contributed by atoms with Crippen molar-refractivity contribution in [2.75, 3.05) is 18.8 Å². The zero-order chi connectivity index (χ0) is 19.8. The van der Waals surface area contributed by atoms with E-state index in [1.54, 1.807) is 6.20 Å². The van der Waals surface area contributed by atoms with Crippen molar-refractivity contribution in [3.8, 4) is 0 Å². The SMILES string of the molecule is CC(C)OCc1ncc(C(C)NS(=O)CCCCCN2CC(=O)NC2=O)[nH]1. The number of nitrogens with zero attached hydrogens (tertiary/aromatic N) is 2. The third-order valence-electron chi connectivity index (χ3n) is 4.10. The zero-order valence-electron chi connectivity index (χ0n) is 16.1. The Labute approximate surface area is 162 Å². The van der Waals surface area contributed by atoms with Gasteiger partial charge in [-0.25, -0.2) is 18.7 Å². The average molecular weight is 400 g/mol. The standard InChI is InChI=1S/C17H29N5O4S/c1-12(2)26-11-15-18-9-14(19-15)13(3)21-27(25)8-6-4-5-7-22-10-16(23)20-17(22)24/h9,12-13,21H,4-8,10-11H2,1-3H3,(H,18,19)(H,20,23,24). The van der Waals surface area contributed by atoms with Crippen LogP contribution in [0.2, 0.25) is 0 Å². The number of carbonyl (C=O) groups is 2. The molecule has 10 heteroatoms. The lowest BCUT2D eigenvalue weighted by Gasteiger charge is -2.13. The minimum atomic E-state index is -1.15. The molecule has 152 valence electrons. The second kappa shape index (κ2) is 10.5. The molecule has 2 unspecified atom stereocenters. The maximum atomic E-state index is 12.2. The molecule has 27 heavy (non-hydrogen) atoms. The van der Waals surface area contributed by atoms with E-state index in [1.165, 1.54) is 4.90 Å². The van der Waals surface area contributed by atoms with E-state index in [2.05, 4.69) is 20.0 Å². The predicted molar refractivity (Wildman–Crippen MR) is 102 cm³/mol. The second-order valence-electron chi connectivity index (χ2n) is 6.87. The summed E-state index contributed by atoms with van der Waals surface area (Å²) < 4.78 is 20.8. The molecule has 9 nitrogen and oxygen atoms in total. The number of ether oxygens (including phenoxy) is 1. The Hall–Kier alpha value is -1.78.